The van der Waals surface area contributed by atoms with Crippen LogP contribution < -0.4 is 5.32 Å². The van der Waals surface area contributed by atoms with Gasteiger partial charge in [0, 0.05) is 20.3 Å². The Morgan fingerprint density at radius 2 is 2.27 bits per heavy atom. The van der Waals surface area contributed by atoms with E-state index in [-0.39, 0.29) is 0 Å². The molecule has 1 atom stereocenters. The topological polar surface area (TPSA) is 67.8 Å². The van der Waals surface area contributed by atoms with E-state index in [0.717, 1.165) is 6.54 Å². The molecule has 0 aliphatic carbocycles. The molecule has 1 aliphatic rings. The molecule has 1 saturated heterocycles. The summed E-state index contributed by atoms with van der Waals surface area (Å²) >= 11 is 0. The van der Waals surface area contributed by atoms with Crippen LogP contribution in [-0.4, -0.2) is 51.1 Å². The van der Waals surface area contributed by atoms with Crippen LogP contribution in [0, 0.1) is 5.41 Å². The molecule has 1 heterocycles. The summed E-state index contributed by atoms with van der Waals surface area (Å²) in [5.74, 6) is -0.720. The molecule has 1 rings (SSSR count). The van der Waals surface area contributed by atoms with Crippen molar-refractivity contribution in [2.45, 2.75) is 12.8 Å². The quantitative estimate of drug-likeness (QED) is 0.592. The zero-order valence-electron chi connectivity index (χ0n) is 9.12. The first-order chi connectivity index (χ1) is 7.21. The molecule has 2 N–H and O–H groups in total. The van der Waals surface area contributed by atoms with Gasteiger partial charge in [0.15, 0.2) is 0 Å². The average Bonchev–Trinajstić information content (AvgIpc) is 2.67. The maximum atomic E-state index is 11.1. The van der Waals surface area contributed by atoms with Crippen LogP contribution in [0.2, 0.25) is 0 Å². The fourth-order valence-electron chi connectivity index (χ4n) is 1.76. The number of carboxylic acid groups (broad SMARTS) is 1. The van der Waals surface area contributed by atoms with Gasteiger partial charge < -0.3 is 19.9 Å². The second kappa shape index (κ2) is 6.05. The zero-order chi connectivity index (χ0) is 11.1. The lowest BCUT2D eigenvalue weighted by Gasteiger charge is -2.22. The number of carbonyl (C=O) groups is 1. The Labute approximate surface area is 89.8 Å². The third kappa shape index (κ3) is 3.44. The van der Waals surface area contributed by atoms with Crippen molar-refractivity contribution in [3.05, 3.63) is 0 Å². The summed E-state index contributed by atoms with van der Waals surface area (Å²) in [4.78, 5) is 11.1. The molecule has 0 aromatic rings. The number of carboxylic acids is 1. The van der Waals surface area contributed by atoms with Crippen molar-refractivity contribution in [3.8, 4) is 0 Å². The third-order valence-electron chi connectivity index (χ3n) is 2.85. The molecule has 1 fully saturated rings. The van der Waals surface area contributed by atoms with E-state index in [1.165, 1.54) is 0 Å². The Balaban J connectivity index is 2.24. The largest absolute Gasteiger partial charge is 0.481 e. The van der Waals surface area contributed by atoms with Crippen molar-refractivity contribution >= 4 is 5.97 Å². The van der Waals surface area contributed by atoms with E-state index < -0.39 is 11.4 Å². The molecule has 15 heavy (non-hydrogen) atoms. The van der Waals surface area contributed by atoms with E-state index >= 15 is 0 Å². The molecule has 0 saturated carbocycles. The lowest BCUT2D eigenvalue weighted by atomic mass is 9.84. The van der Waals surface area contributed by atoms with Gasteiger partial charge in [-0.2, -0.15) is 0 Å². The van der Waals surface area contributed by atoms with Crippen molar-refractivity contribution in [1.29, 1.82) is 0 Å². The van der Waals surface area contributed by atoms with Crippen molar-refractivity contribution < 1.29 is 19.4 Å². The molecule has 1 aliphatic heterocycles. The summed E-state index contributed by atoms with van der Waals surface area (Å²) in [7, 11) is 1.61. The van der Waals surface area contributed by atoms with E-state index in [4.69, 9.17) is 14.6 Å². The average molecular weight is 217 g/mol. The molecule has 0 spiro atoms. The summed E-state index contributed by atoms with van der Waals surface area (Å²) in [5.41, 5.74) is -0.618. The Morgan fingerprint density at radius 3 is 2.80 bits per heavy atom. The molecule has 0 aromatic heterocycles. The molecule has 0 aromatic carbocycles. The minimum absolute atomic E-state index is 0.483. The van der Waals surface area contributed by atoms with Gasteiger partial charge in [0.25, 0.3) is 0 Å². The first-order valence-electron chi connectivity index (χ1n) is 5.22. The number of hydrogen-bond acceptors (Lipinski definition) is 4. The molecular weight excluding hydrogens is 198 g/mol. The number of nitrogens with one attached hydrogen (secondary N) is 1. The van der Waals surface area contributed by atoms with Gasteiger partial charge in [-0.1, -0.05) is 0 Å². The van der Waals surface area contributed by atoms with E-state index in [1.54, 1.807) is 7.11 Å². The smallest absolute Gasteiger partial charge is 0.311 e. The first-order valence-corrected chi connectivity index (χ1v) is 5.22. The van der Waals surface area contributed by atoms with Crippen LogP contribution in [-0.2, 0) is 14.3 Å². The maximum Gasteiger partial charge on any atom is 0.311 e. The Hall–Kier alpha value is -0.650. The maximum absolute atomic E-state index is 11.1. The van der Waals surface area contributed by atoms with Gasteiger partial charge in [-0.05, 0) is 19.4 Å². The highest BCUT2D eigenvalue weighted by molar-refractivity contribution is 5.75. The zero-order valence-corrected chi connectivity index (χ0v) is 9.12. The van der Waals surface area contributed by atoms with Gasteiger partial charge in [0.1, 0.15) is 0 Å². The minimum Gasteiger partial charge on any atom is -0.481 e. The molecule has 0 radical (unpaired) electrons. The van der Waals surface area contributed by atoms with Crippen molar-refractivity contribution in [1.82, 2.24) is 5.32 Å². The van der Waals surface area contributed by atoms with Crippen LogP contribution in [0.1, 0.15) is 12.8 Å². The highest BCUT2D eigenvalue weighted by Crippen LogP contribution is 2.29. The normalized spacial score (nSPS) is 25.7. The molecule has 1 unspecified atom stereocenters. The van der Waals surface area contributed by atoms with E-state index in [0.29, 0.717) is 39.2 Å². The molecule has 0 bridgehead atoms. The summed E-state index contributed by atoms with van der Waals surface area (Å²) in [6.45, 7) is 2.90. The molecule has 0 amide bonds. The van der Waals surface area contributed by atoms with E-state index in [1.807, 2.05) is 0 Å². The highest BCUT2D eigenvalue weighted by Gasteiger charge is 2.40. The van der Waals surface area contributed by atoms with Gasteiger partial charge in [-0.15, -0.1) is 0 Å². The highest BCUT2D eigenvalue weighted by atomic mass is 16.5. The number of rotatable bonds is 7. The number of hydrogen-bond donors (Lipinski definition) is 2. The predicted octanol–water partition coefficient (Wildman–Crippen LogP) is 0.104. The molecule has 5 nitrogen and oxygen atoms in total. The molecule has 5 heteroatoms. The van der Waals surface area contributed by atoms with Crippen molar-refractivity contribution in [3.63, 3.8) is 0 Å². The van der Waals surface area contributed by atoms with Crippen LogP contribution in [0.15, 0.2) is 0 Å². The summed E-state index contributed by atoms with van der Waals surface area (Å²) in [5, 5.41) is 12.2. The fraction of sp³-hybridized carbons (Fsp3) is 0.900. The van der Waals surface area contributed by atoms with Crippen LogP contribution in [0.25, 0.3) is 0 Å². The summed E-state index contributed by atoms with van der Waals surface area (Å²) in [6, 6.07) is 0. The molecule has 88 valence electrons. The summed E-state index contributed by atoms with van der Waals surface area (Å²) in [6.07, 6.45) is 1.26. The monoisotopic (exact) mass is 217 g/mol. The first kappa shape index (κ1) is 12.4. The van der Waals surface area contributed by atoms with Gasteiger partial charge >= 0.3 is 5.97 Å². The molecular formula is C10H19NO4. The van der Waals surface area contributed by atoms with Crippen LogP contribution in [0.3, 0.4) is 0 Å². The van der Waals surface area contributed by atoms with Gasteiger partial charge in [0.2, 0.25) is 0 Å². The van der Waals surface area contributed by atoms with Crippen molar-refractivity contribution in [2.75, 3.05) is 40.0 Å². The van der Waals surface area contributed by atoms with E-state index in [2.05, 4.69) is 5.32 Å². The standard InChI is InChI=1S/C10H19NO4/c1-14-6-7-15-5-3-10(9(12)13)2-4-11-8-10/h11H,2-8H2,1H3,(H,12,13). The second-order valence-electron chi connectivity index (χ2n) is 3.87. The Bertz CT molecular complexity index is 202. The lowest BCUT2D eigenvalue weighted by molar-refractivity contribution is -0.149. The second-order valence-corrected chi connectivity index (χ2v) is 3.87. The van der Waals surface area contributed by atoms with Crippen LogP contribution in [0.4, 0.5) is 0 Å². The number of ether oxygens (including phenoxy) is 2. The number of methoxy groups -OCH3 is 1. The van der Waals surface area contributed by atoms with Crippen LogP contribution in [0.5, 0.6) is 0 Å². The Kier molecular flexibility index (Phi) is 5.01. The van der Waals surface area contributed by atoms with Gasteiger partial charge in [0.05, 0.1) is 18.6 Å². The van der Waals surface area contributed by atoms with Gasteiger partial charge in [-0.3, -0.25) is 4.79 Å². The van der Waals surface area contributed by atoms with Crippen LogP contribution >= 0.6 is 0 Å². The third-order valence-corrected chi connectivity index (χ3v) is 2.85. The lowest BCUT2D eigenvalue weighted by Crippen LogP contribution is -2.34. The summed E-state index contributed by atoms with van der Waals surface area (Å²) < 4.78 is 10.1. The van der Waals surface area contributed by atoms with E-state index in [9.17, 15) is 4.79 Å². The van der Waals surface area contributed by atoms with Crippen molar-refractivity contribution in [2.24, 2.45) is 5.41 Å². The van der Waals surface area contributed by atoms with Gasteiger partial charge in [-0.25, -0.2) is 0 Å². The fourth-order valence-corrected chi connectivity index (χ4v) is 1.76. The Morgan fingerprint density at radius 1 is 1.47 bits per heavy atom. The predicted molar refractivity (Wildman–Crippen MR) is 54.9 cm³/mol. The number of aliphatic carboxylic acids is 1. The minimum atomic E-state index is -0.720. The SMILES string of the molecule is COCCOCCC1(C(=O)O)CCNC1.